The van der Waals surface area contributed by atoms with Crippen LogP contribution in [0.3, 0.4) is 0 Å². The van der Waals surface area contributed by atoms with Crippen molar-refractivity contribution in [3.05, 3.63) is 41.0 Å². The number of aryl methyl sites for hydroxylation is 1. The van der Waals surface area contributed by atoms with E-state index in [0.717, 1.165) is 6.21 Å². The van der Waals surface area contributed by atoms with Gasteiger partial charge in [-0.2, -0.15) is 0 Å². The zero-order valence-corrected chi connectivity index (χ0v) is 17.1. The van der Waals surface area contributed by atoms with Crippen molar-refractivity contribution in [1.82, 2.24) is 14.9 Å². The van der Waals surface area contributed by atoms with Crippen LogP contribution in [0.15, 0.2) is 18.2 Å². The summed E-state index contributed by atoms with van der Waals surface area (Å²) < 4.78 is 29.4. The van der Waals surface area contributed by atoms with E-state index in [-0.39, 0.29) is 12.6 Å². The number of nitrogens with one attached hydrogen (secondary N) is 2. The number of anilines is 3. The van der Waals surface area contributed by atoms with Crippen LogP contribution in [-0.4, -0.2) is 71.7 Å². The van der Waals surface area contributed by atoms with Crippen molar-refractivity contribution in [2.24, 2.45) is 0 Å². The summed E-state index contributed by atoms with van der Waals surface area (Å²) in [5, 5.41) is 20.4. The van der Waals surface area contributed by atoms with Crippen LogP contribution in [0.25, 0.3) is 0 Å². The van der Waals surface area contributed by atoms with Gasteiger partial charge in [0.2, 0.25) is 0 Å². The summed E-state index contributed by atoms with van der Waals surface area (Å²) in [7, 11) is 1.86. The van der Waals surface area contributed by atoms with Crippen molar-refractivity contribution in [3.63, 3.8) is 0 Å². The Labute approximate surface area is 174 Å². The van der Waals surface area contributed by atoms with Crippen LogP contribution < -0.4 is 10.2 Å². The normalized spacial score (nSPS) is 22.6. The van der Waals surface area contributed by atoms with E-state index in [9.17, 15) is 13.9 Å². The van der Waals surface area contributed by atoms with E-state index in [1.807, 2.05) is 16.8 Å². The Balaban J connectivity index is 1.65. The first-order chi connectivity index (χ1) is 14.3. The van der Waals surface area contributed by atoms with Gasteiger partial charge in [0.05, 0.1) is 6.10 Å². The Morgan fingerprint density at radius 2 is 2.00 bits per heavy atom. The summed E-state index contributed by atoms with van der Waals surface area (Å²) in [5.41, 5.74) is 1.18. The second-order valence-corrected chi connectivity index (χ2v) is 8.12. The van der Waals surface area contributed by atoms with Gasteiger partial charge in [-0.15, -0.1) is 0 Å². The number of aliphatic hydroxyl groups is 1. The van der Waals surface area contributed by atoms with Gasteiger partial charge in [0.25, 0.3) is 0 Å². The van der Waals surface area contributed by atoms with Crippen LogP contribution in [0.4, 0.5) is 26.1 Å². The topological polar surface area (TPSA) is 88.4 Å². The first-order valence-electron chi connectivity index (χ1n) is 10.1. The number of aliphatic hydroxyl groups excluding tert-OH is 1. The lowest BCUT2D eigenvalue weighted by Gasteiger charge is -2.37. The third-order valence-corrected chi connectivity index (χ3v) is 5.74. The number of halogens is 2. The number of hydrogen-bond acceptors (Lipinski definition) is 7. The molecule has 2 fully saturated rings. The van der Waals surface area contributed by atoms with Gasteiger partial charge in [-0.1, -0.05) is 0 Å². The predicted molar refractivity (Wildman–Crippen MR) is 112 cm³/mol. The number of β-amino-alcohol motifs (C(OH)–C–C–N with tert-alkyl or cyclic N) is 1. The number of hydrogen-bond donors (Lipinski definition) is 3. The molecular formula is C21H26F2N6O. The summed E-state index contributed by atoms with van der Waals surface area (Å²) in [6.07, 6.45) is 0.0930. The molecular weight excluding hydrogens is 390 g/mol. The zero-order valence-electron chi connectivity index (χ0n) is 17.1. The van der Waals surface area contributed by atoms with Gasteiger partial charge in [0.15, 0.2) is 0 Å². The predicted octanol–water partition coefficient (Wildman–Crippen LogP) is 2.60. The summed E-state index contributed by atoms with van der Waals surface area (Å²) in [6.45, 7) is 3.77. The fourth-order valence-corrected chi connectivity index (χ4v) is 4.08. The standard InChI is InChI=1S/C21H26F2N6O/c1-12-25-20(7-21(26-12)29-9-14(30)10-29)27-19-6-16(17(22)5-13(19)8-24)15-3-4-28(2)11-18(15)23/h5-8,14-15,18,24,30H,3-4,9-11H2,1-2H3,(H,25,26,27). The molecule has 4 rings (SSSR count). The zero-order chi connectivity index (χ0) is 21.4. The second kappa shape index (κ2) is 8.23. The number of aromatic nitrogens is 2. The maximum Gasteiger partial charge on any atom is 0.136 e. The first kappa shape index (κ1) is 20.6. The Morgan fingerprint density at radius 3 is 2.67 bits per heavy atom. The quantitative estimate of drug-likeness (QED) is 0.650. The molecule has 2 unspecified atom stereocenters. The number of alkyl halides is 1. The van der Waals surface area contributed by atoms with Gasteiger partial charge in [0, 0.05) is 49.1 Å². The molecule has 2 atom stereocenters. The molecule has 0 radical (unpaired) electrons. The minimum absolute atomic E-state index is 0.273. The Morgan fingerprint density at radius 1 is 1.23 bits per heavy atom. The minimum atomic E-state index is -1.15. The maximum absolute atomic E-state index is 14.8. The van der Waals surface area contributed by atoms with Crippen LogP contribution in [0.5, 0.6) is 0 Å². The van der Waals surface area contributed by atoms with E-state index in [0.29, 0.717) is 60.3 Å². The van der Waals surface area contributed by atoms with E-state index >= 15 is 0 Å². The molecule has 2 aromatic rings. The molecule has 0 amide bonds. The van der Waals surface area contributed by atoms with Crippen molar-refractivity contribution < 1.29 is 13.9 Å². The minimum Gasteiger partial charge on any atom is -0.389 e. The highest BCUT2D eigenvalue weighted by Crippen LogP contribution is 2.35. The van der Waals surface area contributed by atoms with Gasteiger partial charge in [0.1, 0.15) is 29.4 Å². The van der Waals surface area contributed by atoms with Crippen LogP contribution >= 0.6 is 0 Å². The second-order valence-electron chi connectivity index (χ2n) is 8.12. The molecule has 7 nitrogen and oxygen atoms in total. The molecule has 0 saturated carbocycles. The van der Waals surface area contributed by atoms with Crippen LogP contribution in [0, 0.1) is 18.2 Å². The SMILES string of the molecule is Cc1nc(Nc2cc(C3CCN(C)CC3F)c(F)cc2C=N)cc(N2CC(O)C2)n1. The maximum atomic E-state index is 14.8. The monoisotopic (exact) mass is 416 g/mol. The molecule has 0 spiro atoms. The lowest BCUT2D eigenvalue weighted by atomic mass is 9.87. The molecule has 0 bridgehead atoms. The third-order valence-electron chi connectivity index (χ3n) is 5.74. The molecule has 2 aliphatic heterocycles. The van der Waals surface area contributed by atoms with Gasteiger partial charge in [-0.25, -0.2) is 18.7 Å². The van der Waals surface area contributed by atoms with E-state index in [1.165, 1.54) is 6.07 Å². The lowest BCUT2D eigenvalue weighted by Crippen LogP contribution is -2.51. The fourth-order valence-electron chi connectivity index (χ4n) is 4.08. The molecule has 2 aliphatic rings. The lowest BCUT2D eigenvalue weighted by molar-refractivity contribution is 0.137. The number of benzene rings is 1. The average Bonchev–Trinajstić information content (AvgIpc) is 2.66. The van der Waals surface area contributed by atoms with Crippen LogP contribution in [0.2, 0.25) is 0 Å². The number of nitrogens with zero attached hydrogens (tertiary/aromatic N) is 4. The molecule has 9 heteroatoms. The summed E-state index contributed by atoms with van der Waals surface area (Å²) in [5.74, 6) is 0.722. The number of rotatable bonds is 5. The molecule has 160 valence electrons. The molecule has 1 aromatic carbocycles. The van der Waals surface area contributed by atoms with Crippen molar-refractivity contribution in [2.45, 2.75) is 31.5 Å². The van der Waals surface area contributed by atoms with Crippen molar-refractivity contribution in [1.29, 1.82) is 5.41 Å². The Bertz CT molecular complexity index is 949. The van der Waals surface area contributed by atoms with Crippen LogP contribution in [-0.2, 0) is 0 Å². The summed E-state index contributed by atoms with van der Waals surface area (Å²) >= 11 is 0. The molecule has 2 saturated heterocycles. The van der Waals surface area contributed by atoms with E-state index in [1.54, 1.807) is 19.1 Å². The highest BCUT2D eigenvalue weighted by molar-refractivity contribution is 5.87. The first-order valence-corrected chi connectivity index (χ1v) is 10.1. The fraction of sp³-hybridized carbons (Fsp3) is 0.476. The van der Waals surface area contributed by atoms with Crippen molar-refractivity contribution in [3.8, 4) is 0 Å². The van der Waals surface area contributed by atoms with Gasteiger partial charge >= 0.3 is 0 Å². The molecule has 0 aliphatic carbocycles. The number of likely N-dealkylation sites (tertiary alicyclic amines) is 1. The Kier molecular flexibility index (Phi) is 5.66. The van der Waals surface area contributed by atoms with Crippen molar-refractivity contribution >= 4 is 23.5 Å². The highest BCUT2D eigenvalue weighted by atomic mass is 19.1. The van der Waals surface area contributed by atoms with E-state index in [4.69, 9.17) is 5.41 Å². The number of piperidine rings is 1. The summed E-state index contributed by atoms with van der Waals surface area (Å²) in [4.78, 5) is 12.6. The van der Waals surface area contributed by atoms with Gasteiger partial charge < -0.3 is 25.6 Å². The smallest absolute Gasteiger partial charge is 0.136 e. The summed E-state index contributed by atoms with van der Waals surface area (Å²) in [6, 6.07) is 4.63. The van der Waals surface area contributed by atoms with Gasteiger partial charge in [-0.3, -0.25) is 0 Å². The molecule has 1 aromatic heterocycles. The van der Waals surface area contributed by atoms with Crippen LogP contribution in [0.1, 0.15) is 29.3 Å². The van der Waals surface area contributed by atoms with E-state index < -0.39 is 17.9 Å². The molecule has 3 N–H and O–H groups in total. The van der Waals surface area contributed by atoms with Crippen molar-refractivity contribution in [2.75, 3.05) is 43.4 Å². The molecule has 30 heavy (non-hydrogen) atoms. The molecule has 3 heterocycles. The third kappa shape index (κ3) is 4.13. The highest BCUT2D eigenvalue weighted by Gasteiger charge is 2.31. The average molecular weight is 416 g/mol. The Hall–Kier alpha value is -2.65. The van der Waals surface area contributed by atoms with E-state index in [2.05, 4.69) is 15.3 Å². The largest absolute Gasteiger partial charge is 0.389 e. The van der Waals surface area contributed by atoms with Gasteiger partial charge in [-0.05, 0) is 44.6 Å².